The van der Waals surface area contributed by atoms with Gasteiger partial charge in [-0.2, -0.15) is 5.10 Å². The number of aromatic nitrogens is 5. The van der Waals surface area contributed by atoms with Gasteiger partial charge in [0.2, 0.25) is 5.95 Å². The van der Waals surface area contributed by atoms with Gasteiger partial charge in [0.1, 0.15) is 17.9 Å². The van der Waals surface area contributed by atoms with Gasteiger partial charge < -0.3 is 4.74 Å². The van der Waals surface area contributed by atoms with Gasteiger partial charge in [0, 0.05) is 16.2 Å². The van der Waals surface area contributed by atoms with E-state index >= 15 is 0 Å². The molecule has 0 bridgehead atoms. The molecular weight excluding hydrogens is 446 g/mol. The number of benzene rings is 2. The molecule has 0 saturated heterocycles. The SMILES string of the molecule is O=C(Nc1ncn(Cc2ccc(F)cc2Cl)n1)c1ccn(COc2cccc(Cl)c2)n1. The van der Waals surface area contributed by atoms with E-state index in [4.69, 9.17) is 27.9 Å². The summed E-state index contributed by atoms with van der Waals surface area (Å²) in [4.78, 5) is 16.5. The Kier molecular flexibility index (Phi) is 6.15. The molecule has 0 fully saturated rings. The highest BCUT2D eigenvalue weighted by molar-refractivity contribution is 6.31. The number of anilines is 1. The molecule has 4 rings (SSSR count). The lowest BCUT2D eigenvalue weighted by atomic mass is 10.2. The fourth-order valence-electron chi connectivity index (χ4n) is 2.67. The van der Waals surface area contributed by atoms with E-state index in [0.29, 0.717) is 16.3 Å². The van der Waals surface area contributed by atoms with Crippen LogP contribution in [0.4, 0.5) is 10.3 Å². The molecule has 0 aliphatic rings. The quantitative estimate of drug-likeness (QED) is 0.445. The van der Waals surface area contributed by atoms with Gasteiger partial charge in [-0.25, -0.2) is 18.7 Å². The zero-order valence-corrected chi connectivity index (χ0v) is 17.4. The lowest BCUT2D eigenvalue weighted by molar-refractivity contribution is 0.101. The van der Waals surface area contributed by atoms with E-state index in [1.807, 2.05) is 0 Å². The molecule has 4 aromatic rings. The van der Waals surface area contributed by atoms with Gasteiger partial charge in [0.05, 0.1) is 6.54 Å². The van der Waals surface area contributed by atoms with Gasteiger partial charge in [-0.3, -0.25) is 10.1 Å². The molecule has 11 heteroatoms. The largest absolute Gasteiger partial charge is 0.471 e. The topological polar surface area (TPSA) is 86.9 Å². The van der Waals surface area contributed by atoms with E-state index in [1.54, 1.807) is 42.6 Å². The summed E-state index contributed by atoms with van der Waals surface area (Å²) < 4.78 is 21.7. The number of carbonyl (C=O) groups excluding carboxylic acids is 1. The van der Waals surface area contributed by atoms with Crippen LogP contribution in [0.1, 0.15) is 16.1 Å². The minimum atomic E-state index is -0.473. The third-order valence-corrected chi connectivity index (χ3v) is 4.73. The summed E-state index contributed by atoms with van der Waals surface area (Å²) in [5, 5.41) is 11.8. The maximum absolute atomic E-state index is 13.2. The fraction of sp³-hybridized carbons (Fsp3) is 0.100. The molecule has 8 nitrogen and oxygen atoms in total. The van der Waals surface area contributed by atoms with E-state index < -0.39 is 11.7 Å². The predicted molar refractivity (Wildman–Crippen MR) is 113 cm³/mol. The third-order valence-electron chi connectivity index (χ3n) is 4.14. The monoisotopic (exact) mass is 460 g/mol. The van der Waals surface area contributed by atoms with E-state index in [0.717, 1.165) is 0 Å². The zero-order chi connectivity index (χ0) is 21.8. The molecule has 2 aromatic carbocycles. The molecular formula is C20H15Cl2FN6O2. The van der Waals surface area contributed by atoms with Crippen LogP contribution in [0.15, 0.2) is 61.1 Å². The van der Waals surface area contributed by atoms with Crippen LogP contribution in [0, 0.1) is 5.82 Å². The lowest BCUT2D eigenvalue weighted by Gasteiger charge is -2.06. The molecule has 0 aliphatic carbocycles. The summed E-state index contributed by atoms with van der Waals surface area (Å²) in [6.45, 7) is 0.385. The van der Waals surface area contributed by atoms with E-state index in [2.05, 4.69) is 20.5 Å². The van der Waals surface area contributed by atoms with Crippen LogP contribution < -0.4 is 10.1 Å². The molecule has 1 N–H and O–H groups in total. The van der Waals surface area contributed by atoms with Gasteiger partial charge in [-0.1, -0.05) is 35.3 Å². The summed E-state index contributed by atoms with van der Waals surface area (Å²) in [5.74, 6) is -0.199. The fourth-order valence-corrected chi connectivity index (χ4v) is 3.08. The van der Waals surface area contributed by atoms with E-state index in [9.17, 15) is 9.18 Å². The summed E-state index contributed by atoms with van der Waals surface area (Å²) in [6, 6.07) is 12.6. The van der Waals surface area contributed by atoms with Crippen molar-refractivity contribution in [2.45, 2.75) is 13.3 Å². The molecule has 0 spiro atoms. The first-order chi connectivity index (χ1) is 15.0. The smallest absolute Gasteiger partial charge is 0.278 e. The van der Waals surface area contributed by atoms with Crippen LogP contribution >= 0.6 is 23.2 Å². The minimum Gasteiger partial charge on any atom is -0.471 e. The second kappa shape index (κ2) is 9.15. The van der Waals surface area contributed by atoms with Crippen molar-refractivity contribution in [1.29, 1.82) is 0 Å². The highest BCUT2D eigenvalue weighted by Crippen LogP contribution is 2.19. The molecule has 31 heavy (non-hydrogen) atoms. The number of nitrogens with one attached hydrogen (secondary N) is 1. The number of halogens is 3. The maximum atomic E-state index is 13.2. The number of nitrogens with zero attached hydrogens (tertiary/aromatic N) is 5. The van der Waals surface area contributed by atoms with Gasteiger partial charge in [-0.05, 0) is 42.0 Å². The first kappa shape index (κ1) is 20.8. The number of ether oxygens (including phenoxy) is 1. The Labute approximate surface area is 186 Å². The Bertz CT molecular complexity index is 1230. The van der Waals surface area contributed by atoms with Crippen LogP contribution in [0.5, 0.6) is 5.75 Å². The molecule has 0 unspecified atom stereocenters. The molecule has 2 aromatic heterocycles. The Balaban J connectivity index is 1.34. The normalized spacial score (nSPS) is 10.8. The molecule has 1 amide bonds. The van der Waals surface area contributed by atoms with Crippen molar-refractivity contribution >= 4 is 35.1 Å². The van der Waals surface area contributed by atoms with Crippen molar-refractivity contribution in [3.63, 3.8) is 0 Å². The number of rotatable bonds is 7. The number of hydrogen-bond donors (Lipinski definition) is 1. The maximum Gasteiger partial charge on any atom is 0.278 e. The Hall–Kier alpha value is -3.43. The van der Waals surface area contributed by atoms with Gasteiger partial charge in [-0.15, -0.1) is 5.10 Å². The van der Waals surface area contributed by atoms with Crippen LogP contribution in [0.2, 0.25) is 10.0 Å². The highest BCUT2D eigenvalue weighted by Gasteiger charge is 2.13. The first-order valence-electron chi connectivity index (χ1n) is 9.03. The standard InChI is InChI=1S/C20H15Cl2FN6O2/c21-14-2-1-3-16(8-14)31-12-28-7-6-18(26-28)19(30)25-20-24-11-29(27-20)10-13-4-5-15(23)9-17(13)22/h1-9,11H,10,12H2,(H,25,27,30). The van der Waals surface area contributed by atoms with Crippen molar-refractivity contribution < 1.29 is 13.9 Å². The summed E-state index contributed by atoms with van der Waals surface area (Å²) in [7, 11) is 0. The van der Waals surface area contributed by atoms with Crippen molar-refractivity contribution in [2.24, 2.45) is 0 Å². The molecule has 2 heterocycles. The first-order valence-corrected chi connectivity index (χ1v) is 9.78. The second-order valence-electron chi connectivity index (χ2n) is 6.43. The Morgan fingerprint density at radius 1 is 1.10 bits per heavy atom. The number of carbonyl (C=O) groups is 1. The highest BCUT2D eigenvalue weighted by atomic mass is 35.5. The predicted octanol–water partition coefficient (Wildman–Crippen LogP) is 4.26. The zero-order valence-electron chi connectivity index (χ0n) is 15.9. The summed E-state index contributed by atoms with van der Waals surface area (Å²) >= 11 is 11.9. The third kappa shape index (κ3) is 5.39. The van der Waals surface area contributed by atoms with Crippen LogP contribution in [-0.4, -0.2) is 30.5 Å². The lowest BCUT2D eigenvalue weighted by Crippen LogP contribution is -2.15. The minimum absolute atomic E-state index is 0.105. The Morgan fingerprint density at radius 3 is 2.77 bits per heavy atom. The second-order valence-corrected chi connectivity index (χ2v) is 7.27. The van der Waals surface area contributed by atoms with Gasteiger partial charge in [0.15, 0.2) is 12.4 Å². The van der Waals surface area contributed by atoms with E-state index in [-0.39, 0.29) is 29.9 Å². The number of hydrogen-bond acceptors (Lipinski definition) is 5. The summed E-state index contributed by atoms with van der Waals surface area (Å²) in [6.07, 6.45) is 3.05. The van der Waals surface area contributed by atoms with Gasteiger partial charge in [0.25, 0.3) is 5.91 Å². The van der Waals surface area contributed by atoms with Crippen molar-refractivity contribution in [2.75, 3.05) is 5.32 Å². The summed E-state index contributed by atoms with van der Waals surface area (Å²) in [5.41, 5.74) is 0.844. The van der Waals surface area contributed by atoms with Crippen LogP contribution in [0.3, 0.4) is 0 Å². The molecule has 0 aliphatic heterocycles. The number of amides is 1. The molecule has 158 valence electrons. The molecule has 0 saturated carbocycles. The van der Waals surface area contributed by atoms with Gasteiger partial charge >= 0.3 is 0 Å². The van der Waals surface area contributed by atoms with Crippen LogP contribution in [-0.2, 0) is 13.3 Å². The average Bonchev–Trinajstić information content (AvgIpc) is 3.38. The molecule has 0 atom stereocenters. The average molecular weight is 461 g/mol. The Morgan fingerprint density at radius 2 is 1.97 bits per heavy atom. The van der Waals surface area contributed by atoms with Crippen LogP contribution in [0.25, 0.3) is 0 Å². The van der Waals surface area contributed by atoms with Crippen molar-refractivity contribution in [3.05, 3.63) is 88.2 Å². The van der Waals surface area contributed by atoms with Crippen molar-refractivity contribution in [1.82, 2.24) is 24.5 Å². The van der Waals surface area contributed by atoms with Crippen molar-refractivity contribution in [3.8, 4) is 5.75 Å². The van der Waals surface area contributed by atoms with E-state index in [1.165, 1.54) is 27.8 Å². The molecule has 0 radical (unpaired) electrons.